The summed E-state index contributed by atoms with van der Waals surface area (Å²) in [4.78, 5) is 22.4. The number of hydrogen-bond donors (Lipinski definition) is 2. The second-order valence-electron chi connectivity index (χ2n) is 4.92. The summed E-state index contributed by atoms with van der Waals surface area (Å²) in [6.07, 6.45) is 0.743. The second kappa shape index (κ2) is 3.59. The van der Waals surface area contributed by atoms with E-state index in [0.717, 1.165) is 6.42 Å². The number of rotatable bonds is 1. The highest BCUT2D eigenvalue weighted by Crippen LogP contribution is 2.46. The van der Waals surface area contributed by atoms with Crippen molar-refractivity contribution in [2.24, 2.45) is 23.7 Å². The molecule has 2 N–H and O–H groups in total. The first-order valence-electron chi connectivity index (χ1n) is 5.43. The molecule has 0 aromatic heterocycles. The average molecular weight is 212 g/mol. The SMILES string of the molecule is C[C@@H]1C[C@H]2[C@H](CC(=O)C[C@@H]2C(=O)O)[C@@H]1O. The van der Waals surface area contributed by atoms with Crippen molar-refractivity contribution in [3.05, 3.63) is 0 Å². The van der Waals surface area contributed by atoms with Gasteiger partial charge in [-0.25, -0.2) is 0 Å². The molecule has 0 radical (unpaired) electrons. The Bertz CT molecular complexity index is 299. The summed E-state index contributed by atoms with van der Waals surface area (Å²) >= 11 is 0. The van der Waals surface area contributed by atoms with Crippen LogP contribution in [0.25, 0.3) is 0 Å². The van der Waals surface area contributed by atoms with E-state index in [2.05, 4.69) is 0 Å². The molecule has 5 atom stereocenters. The quantitative estimate of drug-likeness (QED) is 0.670. The molecular formula is C11H16O4. The Morgan fingerprint density at radius 1 is 1.33 bits per heavy atom. The first-order chi connectivity index (χ1) is 7.00. The molecule has 2 rings (SSSR count). The summed E-state index contributed by atoms with van der Waals surface area (Å²) in [5.41, 5.74) is 0. The lowest BCUT2D eigenvalue weighted by molar-refractivity contribution is -0.149. The standard InChI is InChI=1S/C11H16O4/c1-5-2-7-8(10(5)13)3-6(12)4-9(7)11(14)15/h5,7-10,13H,2-4H2,1H3,(H,14,15)/t5-,7+,8+,9+,10-/m1/s1. The smallest absolute Gasteiger partial charge is 0.307 e. The van der Waals surface area contributed by atoms with Gasteiger partial charge in [0.2, 0.25) is 0 Å². The topological polar surface area (TPSA) is 74.6 Å². The molecule has 2 fully saturated rings. The van der Waals surface area contributed by atoms with Crippen molar-refractivity contribution in [1.29, 1.82) is 0 Å². The number of aliphatic hydroxyl groups is 1. The molecule has 0 spiro atoms. The lowest BCUT2D eigenvalue weighted by Crippen LogP contribution is -2.37. The molecule has 2 aliphatic carbocycles. The normalized spacial score (nSPS) is 45.2. The van der Waals surface area contributed by atoms with Gasteiger partial charge in [0, 0.05) is 12.8 Å². The Balaban J connectivity index is 2.23. The van der Waals surface area contributed by atoms with E-state index in [-0.39, 0.29) is 30.0 Å². The van der Waals surface area contributed by atoms with Crippen LogP contribution >= 0.6 is 0 Å². The summed E-state index contributed by atoms with van der Waals surface area (Å²) in [6.45, 7) is 1.92. The van der Waals surface area contributed by atoms with Gasteiger partial charge in [-0.3, -0.25) is 9.59 Å². The minimum Gasteiger partial charge on any atom is -0.481 e. The van der Waals surface area contributed by atoms with Crippen molar-refractivity contribution in [3.8, 4) is 0 Å². The molecule has 0 saturated heterocycles. The number of carbonyl (C=O) groups is 2. The fourth-order valence-electron chi connectivity index (χ4n) is 3.17. The maximum absolute atomic E-state index is 11.4. The maximum Gasteiger partial charge on any atom is 0.307 e. The predicted molar refractivity (Wildman–Crippen MR) is 52.1 cm³/mol. The third kappa shape index (κ3) is 1.67. The number of carboxylic acids is 1. The highest BCUT2D eigenvalue weighted by atomic mass is 16.4. The van der Waals surface area contributed by atoms with Crippen LogP contribution in [-0.2, 0) is 9.59 Å². The summed E-state index contributed by atoms with van der Waals surface area (Å²) < 4.78 is 0. The molecule has 0 heterocycles. The number of carbonyl (C=O) groups excluding carboxylic acids is 1. The van der Waals surface area contributed by atoms with Crippen molar-refractivity contribution < 1.29 is 19.8 Å². The Kier molecular flexibility index (Phi) is 2.54. The molecular weight excluding hydrogens is 196 g/mol. The molecule has 84 valence electrons. The number of ketones is 1. The van der Waals surface area contributed by atoms with Gasteiger partial charge in [0.1, 0.15) is 5.78 Å². The summed E-state index contributed by atoms with van der Waals surface area (Å²) in [7, 11) is 0. The number of hydrogen-bond acceptors (Lipinski definition) is 3. The van der Waals surface area contributed by atoms with E-state index in [4.69, 9.17) is 5.11 Å². The molecule has 0 aliphatic heterocycles. The van der Waals surface area contributed by atoms with Crippen molar-refractivity contribution in [1.82, 2.24) is 0 Å². The minimum absolute atomic E-state index is 0.00907. The van der Waals surface area contributed by atoms with Gasteiger partial charge in [-0.05, 0) is 24.2 Å². The molecule has 0 aromatic rings. The molecule has 0 unspecified atom stereocenters. The first-order valence-corrected chi connectivity index (χ1v) is 5.43. The minimum atomic E-state index is -0.889. The molecule has 0 bridgehead atoms. The van der Waals surface area contributed by atoms with E-state index in [0.29, 0.717) is 6.42 Å². The van der Waals surface area contributed by atoms with Crippen LogP contribution in [0.1, 0.15) is 26.2 Å². The lowest BCUT2D eigenvalue weighted by Gasteiger charge is -2.31. The lowest BCUT2D eigenvalue weighted by atomic mass is 9.73. The highest BCUT2D eigenvalue weighted by Gasteiger charge is 2.49. The zero-order valence-electron chi connectivity index (χ0n) is 8.72. The molecule has 2 aliphatic rings. The number of aliphatic carboxylic acids is 1. The average Bonchev–Trinajstić information content (AvgIpc) is 2.43. The van der Waals surface area contributed by atoms with Crippen LogP contribution in [0.2, 0.25) is 0 Å². The number of Topliss-reactive ketones (excluding diaryl/α,β-unsaturated/α-hetero) is 1. The third-order valence-electron chi connectivity index (χ3n) is 3.96. The summed E-state index contributed by atoms with van der Waals surface area (Å²) in [6, 6.07) is 0. The Morgan fingerprint density at radius 3 is 2.60 bits per heavy atom. The van der Waals surface area contributed by atoms with E-state index >= 15 is 0 Å². The van der Waals surface area contributed by atoms with Gasteiger partial charge < -0.3 is 10.2 Å². The van der Waals surface area contributed by atoms with E-state index < -0.39 is 18.0 Å². The van der Waals surface area contributed by atoms with E-state index in [1.165, 1.54) is 0 Å². The van der Waals surface area contributed by atoms with E-state index in [1.807, 2.05) is 6.92 Å². The van der Waals surface area contributed by atoms with Crippen LogP contribution in [0.15, 0.2) is 0 Å². The summed E-state index contributed by atoms with van der Waals surface area (Å²) in [5.74, 6) is -1.49. The Morgan fingerprint density at radius 2 is 2.00 bits per heavy atom. The van der Waals surface area contributed by atoms with Crippen molar-refractivity contribution in [3.63, 3.8) is 0 Å². The van der Waals surface area contributed by atoms with E-state index in [9.17, 15) is 14.7 Å². The van der Waals surface area contributed by atoms with Crippen LogP contribution in [0, 0.1) is 23.7 Å². The molecule has 4 nitrogen and oxygen atoms in total. The van der Waals surface area contributed by atoms with Crippen molar-refractivity contribution >= 4 is 11.8 Å². The van der Waals surface area contributed by atoms with Gasteiger partial charge in [0.05, 0.1) is 12.0 Å². The van der Waals surface area contributed by atoms with Gasteiger partial charge in [0.25, 0.3) is 0 Å². The number of aliphatic hydroxyl groups excluding tert-OH is 1. The predicted octanol–water partition coefficient (Wildman–Crippen LogP) is 0.683. The Hall–Kier alpha value is -0.900. The first kappa shape index (κ1) is 10.6. The third-order valence-corrected chi connectivity index (χ3v) is 3.96. The number of carboxylic acid groups (broad SMARTS) is 1. The van der Waals surface area contributed by atoms with Gasteiger partial charge >= 0.3 is 5.97 Å². The van der Waals surface area contributed by atoms with Gasteiger partial charge in [-0.15, -0.1) is 0 Å². The number of fused-ring (bicyclic) bond motifs is 1. The van der Waals surface area contributed by atoms with Crippen molar-refractivity contribution in [2.45, 2.75) is 32.3 Å². The Labute approximate surface area is 88.3 Å². The molecule has 2 saturated carbocycles. The zero-order valence-corrected chi connectivity index (χ0v) is 8.72. The van der Waals surface area contributed by atoms with Crippen LogP contribution in [-0.4, -0.2) is 28.1 Å². The van der Waals surface area contributed by atoms with Crippen molar-refractivity contribution in [2.75, 3.05) is 0 Å². The fourth-order valence-corrected chi connectivity index (χ4v) is 3.17. The van der Waals surface area contributed by atoms with Gasteiger partial charge in [0.15, 0.2) is 0 Å². The monoisotopic (exact) mass is 212 g/mol. The van der Waals surface area contributed by atoms with Crippen LogP contribution in [0.5, 0.6) is 0 Å². The van der Waals surface area contributed by atoms with Crippen LogP contribution in [0.4, 0.5) is 0 Å². The molecule has 0 aromatic carbocycles. The van der Waals surface area contributed by atoms with Crippen LogP contribution < -0.4 is 0 Å². The molecule has 4 heteroatoms. The molecule has 15 heavy (non-hydrogen) atoms. The van der Waals surface area contributed by atoms with E-state index in [1.54, 1.807) is 0 Å². The molecule has 0 amide bonds. The van der Waals surface area contributed by atoms with Gasteiger partial charge in [-0.1, -0.05) is 6.92 Å². The fraction of sp³-hybridized carbons (Fsp3) is 0.818. The summed E-state index contributed by atoms with van der Waals surface area (Å²) in [5, 5.41) is 18.9. The zero-order chi connectivity index (χ0) is 11.2. The second-order valence-corrected chi connectivity index (χ2v) is 4.92. The maximum atomic E-state index is 11.4. The van der Waals surface area contributed by atoms with Crippen LogP contribution in [0.3, 0.4) is 0 Å². The largest absolute Gasteiger partial charge is 0.481 e. The highest BCUT2D eigenvalue weighted by molar-refractivity contribution is 5.85. The van der Waals surface area contributed by atoms with Gasteiger partial charge in [-0.2, -0.15) is 0 Å².